The number of nitrogens with zero attached hydrogens (tertiary/aromatic N) is 1. The van der Waals surface area contributed by atoms with Gasteiger partial charge >= 0.3 is 0 Å². The number of guanidine groups is 1. The summed E-state index contributed by atoms with van der Waals surface area (Å²) in [5.74, 6) is -0.800. The minimum absolute atomic E-state index is 0.106. The number of aliphatic hydroxyl groups excluding tert-OH is 1. The van der Waals surface area contributed by atoms with Gasteiger partial charge in [0.05, 0.1) is 0 Å². The van der Waals surface area contributed by atoms with Crippen LogP contribution in [0.4, 0.5) is 0 Å². The van der Waals surface area contributed by atoms with Gasteiger partial charge in [-0.3, -0.25) is 14.6 Å². The lowest BCUT2D eigenvalue weighted by Gasteiger charge is -2.13. The molecule has 164 valence electrons. The summed E-state index contributed by atoms with van der Waals surface area (Å²) in [5, 5.41) is 17.9. The van der Waals surface area contributed by atoms with Gasteiger partial charge in [0.1, 0.15) is 0 Å². The Balaban J connectivity index is 3.57. The molecule has 0 heterocycles. The molecule has 0 saturated heterocycles. The van der Waals surface area contributed by atoms with Gasteiger partial charge in [-0.1, -0.05) is 19.3 Å². The summed E-state index contributed by atoms with van der Waals surface area (Å²) in [4.78, 5) is 27.4. The molecule has 10 N–H and O–H groups in total. The summed E-state index contributed by atoms with van der Waals surface area (Å²) in [6, 6.07) is 0. The maximum absolute atomic E-state index is 11.8. The average molecular weight is 402 g/mol. The van der Waals surface area contributed by atoms with E-state index in [1.807, 2.05) is 0 Å². The molecule has 0 aromatic carbocycles. The third kappa shape index (κ3) is 17.5. The van der Waals surface area contributed by atoms with E-state index in [-0.39, 0.29) is 18.3 Å². The molecule has 28 heavy (non-hydrogen) atoms. The van der Waals surface area contributed by atoms with Gasteiger partial charge in [-0.05, 0) is 51.7 Å². The number of unbranched alkanes of at least 4 members (excludes halogenated alkanes) is 5. The lowest BCUT2D eigenvalue weighted by atomic mass is 10.1. The van der Waals surface area contributed by atoms with Crippen molar-refractivity contribution in [3.8, 4) is 0 Å². The molecular weight excluding hydrogens is 362 g/mol. The van der Waals surface area contributed by atoms with Gasteiger partial charge in [0.15, 0.2) is 5.96 Å². The highest BCUT2D eigenvalue weighted by atomic mass is 16.3. The van der Waals surface area contributed by atoms with E-state index in [4.69, 9.17) is 17.2 Å². The largest absolute Gasteiger partial charge is 0.370 e. The molecule has 1 unspecified atom stereocenters. The number of carbonyl (C=O) groups is 2. The van der Waals surface area contributed by atoms with Crippen molar-refractivity contribution in [2.45, 2.75) is 64.0 Å². The molecule has 2 amide bonds. The predicted molar refractivity (Wildman–Crippen MR) is 111 cm³/mol. The Bertz CT molecular complexity index is 443. The first kappa shape index (κ1) is 26.1. The Hall–Kier alpha value is -1.91. The van der Waals surface area contributed by atoms with Crippen molar-refractivity contribution in [1.82, 2.24) is 16.0 Å². The molecule has 0 spiro atoms. The van der Waals surface area contributed by atoms with Crippen LogP contribution in [0.2, 0.25) is 0 Å². The van der Waals surface area contributed by atoms with Crippen LogP contribution in [0.3, 0.4) is 0 Å². The number of rotatable bonds is 18. The molecule has 10 heteroatoms. The Morgan fingerprint density at radius 1 is 0.893 bits per heavy atom. The molecule has 0 rings (SSSR count). The molecule has 0 saturated carbocycles. The van der Waals surface area contributed by atoms with Crippen LogP contribution in [0.25, 0.3) is 0 Å². The molecule has 0 aromatic rings. The number of amides is 2. The van der Waals surface area contributed by atoms with Crippen molar-refractivity contribution < 1.29 is 14.7 Å². The lowest BCUT2D eigenvalue weighted by Crippen LogP contribution is -2.46. The van der Waals surface area contributed by atoms with Crippen molar-refractivity contribution in [2.24, 2.45) is 22.2 Å². The van der Waals surface area contributed by atoms with E-state index < -0.39 is 12.1 Å². The van der Waals surface area contributed by atoms with E-state index in [2.05, 4.69) is 20.9 Å². The van der Waals surface area contributed by atoms with Crippen LogP contribution in [0.1, 0.15) is 57.8 Å². The number of aliphatic imine (C=N–C) groups is 1. The zero-order chi connectivity index (χ0) is 21.0. The zero-order valence-electron chi connectivity index (χ0n) is 16.9. The van der Waals surface area contributed by atoms with Gasteiger partial charge in [-0.25, -0.2) is 0 Å². The Labute approximate surface area is 168 Å². The molecule has 0 radical (unpaired) electrons. The van der Waals surface area contributed by atoms with Crippen LogP contribution < -0.4 is 33.2 Å². The highest BCUT2D eigenvalue weighted by molar-refractivity contribution is 5.86. The lowest BCUT2D eigenvalue weighted by molar-refractivity contribution is -0.136. The molecule has 0 aliphatic rings. The molecule has 0 aromatic heterocycles. The van der Waals surface area contributed by atoms with E-state index in [1.54, 1.807) is 0 Å². The first-order valence-electron chi connectivity index (χ1n) is 10.2. The zero-order valence-corrected chi connectivity index (χ0v) is 16.9. The summed E-state index contributed by atoms with van der Waals surface area (Å²) >= 11 is 0. The fraction of sp³-hybridized carbons (Fsp3) is 0.833. The first-order valence-corrected chi connectivity index (χ1v) is 10.2. The molecular formula is C18H39N7O3. The summed E-state index contributed by atoms with van der Waals surface area (Å²) in [6.07, 6.45) is 5.93. The van der Waals surface area contributed by atoms with Crippen molar-refractivity contribution in [2.75, 3.05) is 32.7 Å². The smallest absolute Gasteiger partial charge is 0.269 e. The maximum Gasteiger partial charge on any atom is 0.269 e. The van der Waals surface area contributed by atoms with Gasteiger partial charge in [0, 0.05) is 19.5 Å². The van der Waals surface area contributed by atoms with Gasteiger partial charge in [0.2, 0.25) is 12.1 Å². The van der Waals surface area contributed by atoms with E-state index in [1.165, 1.54) is 0 Å². The average Bonchev–Trinajstić information content (AvgIpc) is 2.65. The Kier molecular flexibility index (Phi) is 17.2. The molecule has 0 aliphatic carbocycles. The second-order valence-electron chi connectivity index (χ2n) is 6.68. The summed E-state index contributed by atoms with van der Waals surface area (Å²) in [5.41, 5.74) is 15.9. The van der Waals surface area contributed by atoms with Crippen molar-refractivity contribution >= 4 is 17.8 Å². The number of carbonyl (C=O) groups excluding carboxylic acids is 2. The van der Waals surface area contributed by atoms with Crippen LogP contribution >= 0.6 is 0 Å². The summed E-state index contributed by atoms with van der Waals surface area (Å²) < 4.78 is 0. The van der Waals surface area contributed by atoms with Gasteiger partial charge < -0.3 is 38.3 Å². The minimum atomic E-state index is -1.50. The van der Waals surface area contributed by atoms with Crippen molar-refractivity contribution in [1.29, 1.82) is 0 Å². The van der Waals surface area contributed by atoms with Gasteiger partial charge in [-0.15, -0.1) is 0 Å². The number of nitrogens with two attached hydrogens (primary N) is 3. The van der Waals surface area contributed by atoms with E-state index in [9.17, 15) is 14.7 Å². The van der Waals surface area contributed by atoms with E-state index >= 15 is 0 Å². The Morgan fingerprint density at radius 2 is 1.54 bits per heavy atom. The first-order chi connectivity index (χ1) is 13.5. The van der Waals surface area contributed by atoms with Crippen molar-refractivity contribution in [3.05, 3.63) is 0 Å². The SMILES string of the molecule is NCCCNCCCCNC(=O)C(O)NC(=O)CCCCCCCN=C(N)N. The standard InChI is InChI=1S/C18H39N7O3/c19-10-8-12-22-11-6-7-13-23-16(27)17(28)25-15(26)9-4-2-1-3-5-14-24-18(20)21/h17,22,28H,1-14,19H2,(H,23,27)(H,25,26)(H4,20,21,24). The highest BCUT2D eigenvalue weighted by Crippen LogP contribution is 2.05. The van der Waals surface area contributed by atoms with Crippen LogP contribution in [-0.2, 0) is 9.59 Å². The highest BCUT2D eigenvalue weighted by Gasteiger charge is 2.16. The predicted octanol–water partition coefficient (Wildman–Crippen LogP) is -1.13. The van der Waals surface area contributed by atoms with Crippen LogP contribution in [0.15, 0.2) is 4.99 Å². The third-order valence-electron chi connectivity index (χ3n) is 4.04. The third-order valence-corrected chi connectivity index (χ3v) is 4.04. The normalized spacial score (nSPS) is 11.6. The van der Waals surface area contributed by atoms with E-state index in [0.717, 1.165) is 58.0 Å². The summed E-state index contributed by atoms with van der Waals surface area (Å²) in [7, 11) is 0. The quantitative estimate of drug-likeness (QED) is 0.0656. The molecule has 0 bridgehead atoms. The maximum atomic E-state index is 11.8. The number of hydrogen-bond acceptors (Lipinski definition) is 6. The number of aliphatic hydroxyl groups is 1. The number of nitrogens with one attached hydrogen (secondary N) is 3. The van der Waals surface area contributed by atoms with Gasteiger partial charge in [0.25, 0.3) is 5.91 Å². The monoisotopic (exact) mass is 401 g/mol. The molecule has 0 fully saturated rings. The van der Waals surface area contributed by atoms with Crippen molar-refractivity contribution in [3.63, 3.8) is 0 Å². The summed E-state index contributed by atoms with van der Waals surface area (Å²) in [6.45, 7) is 3.52. The molecule has 10 nitrogen and oxygen atoms in total. The molecule has 1 atom stereocenters. The van der Waals surface area contributed by atoms with Gasteiger partial charge in [-0.2, -0.15) is 0 Å². The Morgan fingerprint density at radius 3 is 2.25 bits per heavy atom. The second-order valence-corrected chi connectivity index (χ2v) is 6.68. The fourth-order valence-electron chi connectivity index (χ4n) is 2.46. The topological polar surface area (TPSA) is 181 Å². The van der Waals surface area contributed by atoms with Crippen LogP contribution in [0, 0.1) is 0 Å². The van der Waals surface area contributed by atoms with E-state index in [0.29, 0.717) is 26.1 Å². The fourth-order valence-corrected chi connectivity index (χ4v) is 2.46. The van der Waals surface area contributed by atoms with Crippen LogP contribution in [0.5, 0.6) is 0 Å². The number of hydrogen-bond donors (Lipinski definition) is 7. The second kappa shape index (κ2) is 18.5. The minimum Gasteiger partial charge on any atom is -0.370 e. The molecule has 0 aliphatic heterocycles. The van der Waals surface area contributed by atoms with Crippen LogP contribution in [-0.4, -0.2) is 61.8 Å².